The van der Waals surface area contributed by atoms with Gasteiger partial charge in [0.15, 0.2) is 22.2 Å². The summed E-state index contributed by atoms with van der Waals surface area (Å²) in [4.78, 5) is 11.2. The van der Waals surface area contributed by atoms with Crippen LogP contribution >= 0.6 is 20.8 Å². The van der Waals surface area contributed by atoms with Crippen molar-refractivity contribution in [3.8, 4) is 28.0 Å². The third-order valence-electron chi connectivity index (χ3n) is 3.18. The summed E-state index contributed by atoms with van der Waals surface area (Å²) in [7, 11) is 3.14. The van der Waals surface area contributed by atoms with Crippen LogP contribution in [0, 0.1) is 0 Å². The highest BCUT2D eigenvalue weighted by Gasteiger charge is 2.38. The first-order chi connectivity index (χ1) is 12.5. The van der Waals surface area contributed by atoms with E-state index in [1.807, 2.05) is 9.47 Å². The van der Waals surface area contributed by atoms with Crippen molar-refractivity contribution < 1.29 is 30.9 Å². The SMILES string of the molecule is Cn1cc(-c2cc(OP)nc(-c3nc(C(F)(F)F)cs3)n2)c(C(F)(F)F)n1. The van der Waals surface area contributed by atoms with Crippen LogP contribution in [0.5, 0.6) is 5.88 Å². The van der Waals surface area contributed by atoms with Crippen LogP contribution in [0.1, 0.15) is 11.4 Å². The van der Waals surface area contributed by atoms with Crippen molar-refractivity contribution in [1.29, 1.82) is 0 Å². The summed E-state index contributed by atoms with van der Waals surface area (Å²) in [6, 6.07) is 1.11. The van der Waals surface area contributed by atoms with E-state index < -0.39 is 23.7 Å². The maximum absolute atomic E-state index is 13.2. The number of thiazole rings is 1. The molecule has 0 saturated carbocycles. The van der Waals surface area contributed by atoms with Crippen LogP contribution in [0.3, 0.4) is 0 Å². The molecule has 27 heavy (non-hydrogen) atoms. The Hall–Kier alpha value is -2.27. The van der Waals surface area contributed by atoms with Gasteiger partial charge in [0.2, 0.25) is 5.88 Å². The monoisotopic (exact) mass is 427 g/mol. The number of aryl methyl sites for hydroxylation is 1. The predicted octanol–water partition coefficient (Wildman–Crippen LogP) is 4.21. The van der Waals surface area contributed by atoms with Gasteiger partial charge in [-0.25, -0.2) is 9.97 Å². The molecule has 6 nitrogen and oxygen atoms in total. The molecule has 3 aromatic rings. The molecule has 0 aliphatic heterocycles. The summed E-state index contributed by atoms with van der Waals surface area (Å²) in [5, 5.41) is 3.92. The van der Waals surface area contributed by atoms with Gasteiger partial charge in [0.05, 0.1) is 20.7 Å². The first-order valence-electron chi connectivity index (χ1n) is 6.89. The van der Waals surface area contributed by atoms with Gasteiger partial charge in [-0.3, -0.25) is 4.68 Å². The molecule has 3 rings (SSSR count). The van der Waals surface area contributed by atoms with Gasteiger partial charge < -0.3 is 4.52 Å². The molecule has 14 heteroatoms. The minimum absolute atomic E-state index is 0.166. The van der Waals surface area contributed by atoms with E-state index >= 15 is 0 Å². The van der Waals surface area contributed by atoms with Crippen molar-refractivity contribution in [2.75, 3.05) is 0 Å². The van der Waals surface area contributed by atoms with E-state index in [-0.39, 0.29) is 28.0 Å². The van der Waals surface area contributed by atoms with E-state index in [9.17, 15) is 26.3 Å². The van der Waals surface area contributed by atoms with Gasteiger partial charge in [0.25, 0.3) is 0 Å². The molecule has 0 amide bonds. The van der Waals surface area contributed by atoms with Crippen molar-refractivity contribution in [3.05, 3.63) is 29.0 Å². The van der Waals surface area contributed by atoms with Crippen molar-refractivity contribution in [1.82, 2.24) is 24.7 Å². The van der Waals surface area contributed by atoms with Crippen LogP contribution in [0.25, 0.3) is 22.1 Å². The Morgan fingerprint density at radius 2 is 1.78 bits per heavy atom. The molecule has 0 bridgehead atoms. The maximum atomic E-state index is 13.2. The van der Waals surface area contributed by atoms with Gasteiger partial charge in [-0.05, 0) is 0 Å². The van der Waals surface area contributed by atoms with E-state index in [1.54, 1.807) is 0 Å². The first kappa shape index (κ1) is 19.5. The van der Waals surface area contributed by atoms with Gasteiger partial charge in [-0.1, -0.05) is 0 Å². The fourth-order valence-electron chi connectivity index (χ4n) is 2.11. The number of hydrogen-bond donors (Lipinski definition) is 0. The van der Waals surface area contributed by atoms with E-state index in [4.69, 9.17) is 4.52 Å². The lowest BCUT2D eigenvalue weighted by molar-refractivity contribution is -0.141. The standard InChI is InChI=1S/C13H8F6N5OPS/c1-24-3-5(9(23-24)13(17,18)19)6-2-8(25-26)22-10(20-6)11-21-7(4-27-11)12(14,15)16/h2-4H,26H2,1H3. The molecule has 1 unspecified atom stereocenters. The van der Waals surface area contributed by atoms with E-state index in [2.05, 4.69) is 20.1 Å². The Balaban J connectivity index is 2.15. The van der Waals surface area contributed by atoms with E-state index in [0.29, 0.717) is 11.3 Å². The van der Waals surface area contributed by atoms with Crippen molar-refractivity contribution >= 4 is 20.8 Å². The highest BCUT2D eigenvalue weighted by molar-refractivity contribution is 7.13. The summed E-state index contributed by atoms with van der Waals surface area (Å²) in [5.74, 6) is -0.469. The fourth-order valence-corrected chi connectivity index (χ4v) is 2.99. The molecule has 0 aliphatic rings. The molecule has 0 aliphatic carbocycles. The maximum Gasteiger partial charge on any atom is 0.435 e. The molecule has 0 aromatic carbocycles. The molecule has 0 N–H and O–H groups in total. The molecule has 0 fully saturated rings. The van der Waals surface area contributed by atoms with Crippen LogP contribution in [-0.4, -0.2) is 24.7 Å². The van der Waals surface area contributed by atoms with Gasteiger partial charge in [-0.15, -0.1) is 11.3 Å². The topological polar surface area (TPSA) is 65.7 Å². The fraction of sp³-hybridized carbons (Fsp3) is 0.231. The third-order valence-corrected chi connectivity index (χ3v) is 4.26. The Morgan fingerprint density at radius 3 is 2.33 bits per heavy atom. The summed E-state index contributed by atoms with van der Waals surface area (Å²) in [5.41, 5.74) is -2.94. The normalized spacial score (nSPS) is 12.4. The third kappa shape index (κ3) is 4.03. The zero-order chi connectivity index (χ0) is 20.0. The Kier molecular flexibility index (Phi) is 4.85. The lowest BCUT2D eigenvalue weighted by atomic mass is 10.1. The molecule has 0 radical (unpaired) electrons. The Morgan fingerprint density at radius 1 is 1.07 bits per heavy atom. The lowest BCUT2D eigenvalue weighted by Gasteiger charge is -2.08. The van der Waals surface area contributed by atoms with E-state index in [1.165, 1.54) is 7.05 Å². The number of aromatic nitrogens is 5. The van der Waals surface area contributed by atoms with Gasteiger partial charge in [0.1, 0.15) is 0 Å². The van der Waals surface area contributed by atoms with E-state index in [0.717, 1.165) is 22.3 Å². The second kappa shape index (κ2) is 6.71. The summed E-state index contributed by atoms with van der Waals surface area (Å²) < 4.78 is 83.6. The van der Waals surface area contributed by atoms with Gasteiger partial charge in [-0.2, -0.15) is 36.4 Å². The Bertz CT molecular complexity index is 982. The van der Waals surface area contributed by atoms with Gasteiger partial charge >= 0.3 is 12.4 Å². The minimum Gasteiger partial charge on any atom is -0.463 e. The molecule has 3 heterocycles. The van der Waals surface area contributed by atoms with Gasteiger partial charge in [0, 0.05) is 24.7 Å². The highest BCUT2D eigenvalue weighted by Crippen LogP contribution is 2.38. The molecular formula is C13H8F6N5OPS. The zero-order valence-corrected chi connectivity index (χ0v) is 15.1. The zero-order valence-electron chi connectivity index (χ0n) is 13.1. The summed E-state index contributed by atoms with van der Waals surface area (Å²) in [6.07, 6.45) is -8.34. The highest BCUT2D eigenvalue weighted by atomic mass is 32.1. The minimum atomic E-state index is -4.76. The lowest BCUT2D eigenvalue weighted by Crippen LogP contribution is -2.09. The van der Waals surface area contributed by atoms with Crippen molar-refractivity contribution in [2.24, 2.45) is 7.05 Å². The molecular weight excluding hydrogens is 419 g/mol. The number of halogens is 6. The number of hydrogen-bond acceptors (Lipinski definition) is 6. The first-order valence-corrected chi connectivity index (χ1v) is 8.24. The number of alkyl halides is 6. The van der Waals surface area contributed by atoms with Crippen molar-refractivity contribution in [3.63, 3.8) is 0 Å². The number of nitrogens with zero attached hydrogens (tertiary/aromatic N) is 5. The molecule has 3 aromatic heterocycles. The van der Waals surface area contributed by atoms with Crippen LogP contribution in [-0.2, 0) is 19.4 Å². The second-order valence-electron chi connectivity index (χ2n) is 5.13. The van der Waals surface area contributed by atoms with Crippen LogP contribution in [0.4, 0.5) is 26.3 Å². The molecule has 1 atom stereocenters. The second-order valence-corrected chi connectivity index (χ2v) is 6.23. The largest absolute Gasteiger partial charge is 0.463 e. The van der Waals surface area contributed by atoms with Crippen LogP contribution in [0.15, 0.2) is 17.6 Å². The predicted molar refractivity (Wildman–Crippen MR) is 85.7 cm³/mol. The molecule has 0 saturated heterocycles. The smallest absolute Gasteiger partial charge is 0.435 e. The quantitative estimate of drug-likeness (QED) is 0.463. The van der Waals surface area contributed by atoms with Crippen LogP contribution < -0.4 is 4.52 Å². The average Bonchev–Trinajstić information content (AvgIpc) is 3.20. The average molecular weight is 427 g/mol. The summed E-state index contributed by atoms with van der Waals surface area (Å²) >= 11 is 0.606. The van der Waals surface area contributed by atoms with Crippen molar-refractivity contribution in [2.45, 2.75) is 12.4 Å². The molecule has 0 spiro atoms. The summed E-state index contributed by atoms with van der Waals surface area (Å²) in [6.45, 7) is 0. The number of rotatable bonds is 3. The Labute approximate surface area is 153 Å². The molecule has 144 valence electrons. The van der Waals surface area contributed by atoms with Crippen LogP contribution in [0.2, 0.25) is 0 Å².